The molecule has 2 aliphatic heterocycles. The van der Waals surface area contributed by atoms with Crippen molar-refractivity contribution in [2.24, 2.45) is 11.8 Å². The highest BCUT2D eigenvalue weighted by Gasteiger charge is 2.54. The molecule has 4 aliphatic rings. The Morgan fingerprint density at radius 3 is 2.50 bits per heavy atom. The normalized spacial score (nSPS) is 35.1. The molecule has 3 heterocycles. The van der Waals surface area contributed by atoms with Gasteiger partial charge in [0.05, 0.1) is 24.8 Å². The fraction of sp³-hybridized carbons (Fsp3) is 0.773. The highest BCUT2D eigenvalue weighted by Crippen LogP contribution is 2.39. The maximum absolute atomic E-state index is 11.5. The average molecular weight is 388 g/mol. The van der Waals surface area contributed by atoms with E-state index < -0.39 is 6.10 Å². The van der Waals surface area contributed by atoms with Gasteiger partial charge < -0.3 is 14.6 Å². The number of rotatable bonds is 9. The summed E-state index contributed by atoms with van der Waals surface area (Å²) in [6, 6.07) is 5.93. The summed E-state index contributed by atoms with van der Waals surface area (Å²) in [5.41, 5.74) is 1.08. The summed E-state index contributed by atoms with van der Waals surface area (Å²) in [5, 5.41) is 11.5. The van der Waals surface area contributed by atoms with Crippen molar-refractivity contribution in [2.45, 2.75) is 62.7 Å². The van der Waals surface area contributed by atoms with E-state index in [4.69, 9.17) is 9.47 Å². The number of aromatic nitrogens is 1. The molecule has 2 saturated carbocycles. The molecule has 0 unspecified atom stereocenters. The van der Waals surface area contributed by atoms with Crippen molar-refractivity contribution in [3.8, 4) is 0 Å². The van der Waals surface area contributed by atoms with E-state index in [0.29, 0.717) is 6.61 Å². The molecular formula is C22H33N3O3. The van der Waals surface area contributed by atoms with Gasteiger partial charge in [-0.1, -0.05) is 6.07 Å². The maximum Gasteiger partial charge on any atom is 0.176 e. The number of aliphatic hydroxyl groups is 1. The van der Waals surface area contributed by atoms with E-state index in [-0.39, 0.29) is 24.5 Å². The van der Waals surface area contributed by atoms with Gasteiger partial charge in [-0.15, -0.1) is 0 Å². The topological polar surface area (TPSA) is 58.1 Å². The van der Waals surface area contributed by atoms with Crippen molar-refractivity contribution in [1.82, 2.24) is 14.8 Å². The van der Waals surface area contributed by atoms with Gasteiger partial charge >= 0.3 is 0 Å². The Hall–Kier alpha value is -1.05. The first-order chi connectivity index (χ1) is 13.7. The van der Waals surface area contributed by atoms with E-state index in [1.807, 2.05) is 18.3 Å². The van der Waals surface area contributed by atoms with Gasteiger partial charge in [0, 0.05) is 37.9 Å². The molecule has 2 saturated heterocycles. The molecule has 6 nitrogen and oxygen atoms in total. The van der Waals surface area contributed by atoms with Crippen LogP contribution in [0.2, 0.25) is 0 Å². The SMILES string of the molecule is CN(CCc1ccccn1)[C@H]1[C@@H]2OC[C@@H](O2)[C@@H](N(CC2CC2)CC2CC2)[C@@H]1O. The zero-order chi connectivity index (χ0) is 19.1. The van der Waals surface area contributed by atoms with Crippen LogP contribution in [0.5, 0.6) is 0 Å². The lowest BCUT2D eigenvalue weighted by Crippen LogP contribution is -2.65. The van der Waals surface area contributed by atoms with E-state index in [2.05, 4.69) is 27.9 Å². The van der Waals surface area contributed by atoms with Crippen LogP contribution in [0.3, 0.4) is 0 Å². The van der Waals surface area contributed by atoms with Gasteiger partial charge in [-0.2, -0.15) is 0 Å². The molecular weight excluding hydrogens is 354 g/mol. The molecule has 5 atom stereocenters. The summed E-state index contributed by atoms with van der Waals surface area (Å²) >= 11 is 0. The van der Waals surface area contributed by atoms with Gasteiger partial charge in [0.2, 0.25) is 0 Å². The summed E-state index contributed by atoms with van der Waals surface area (Å²) in [4.78, 5) is 9.19. The molecule has 4 fully saturated rings. The minimum Gasteiger partial charge on any atom is -0.390 e. The molecule has 28 heavy (non-hydrogen) atoms. The second kappa shape index (κ2) is 8.00. The molecule has 0 radical (unpaired) electrons. The molecule has 6 heteroatoms. The molecule has 0 amide bonds. The molecule has 1 aromatic heterocycles. The van der Waals surface area contributed by atoms with Crippen molar-refractivity contribution in [1.29, 1.82) is 0 Å². The van der Waals surface area contributed by atoms with Crippen LogP contribution in [0.1, 0.15) is 31.4 Å². The monoisotopic (exact) mass is 387 g/mol. The van der Waals surface area contributed by atoms with Crippen LogP contribution in [0.25, 0.3) is 0 Å². The van der Waals surface area contributed by atoms with Gasteiger partial charge in [-0.3, -0.25) is 14.8 Å². The van der Waals surface area contributed by atoms with Crippen molar-refractivity contribution in [3.05, 3.63) is 30.1 Å². The first-order valence-electron chi connectivity index (χ1n) is 11.0. The third-order valence-corrected chi connectivity index (χ3v) is 6.85. The predicted molar refractivity (Wildman–Crippen MR) is 106 cm³/mol. The Morgan fingerprint density at radius 1 is 1.11 bits per heavy atom. The number of hydrogen-bond donors (Lipinski definition) is 1. The van der Waals surface area contributed by atoms with Gasteiger partial charge in [0.15, 0.2) is 6.29 Å². The molecule has 1 aromatic rings. The fourth-order valence-corrected chi connectivity index (χ4v) is 4.87. The van der Waals surface area contributed by atoms with Gasteiger partial charge in [0.1, 0.15) is 6.10 Å². The Bertz CT molecular complexity index is 638. The molecule has 0 aromatic carbocycles. The lowest BCUT2D eigenvalue weighted by atomic mass is 9.93. The lowest BCUT2D eigenvalue weighted by molar-refractivity contribution is -0.195. The number of hydrogen-bond acceptors (Lipinski definition) is 6. The van der Waals surface area contributed by atoms with E-state index in [0.717, 1.165) is 43.6 Å². The Balaban J connectivity index is 1.28. The van der Waals surface area contributed by atoms with E-state index in [1.54, 1.807) is 0 Å². The van der Waals surface area contributed by atoms with Crippen LogP contribution < -0.4 is 0 Å². The molecule has 154 valence electrons. The number of ether oxygens (including phenoxy) is 2. The summed E-state index contributed by atoms with van der Waals surface area (Å²) in [6.45, 7) is 3.63. The Kier molecular flexibility index (Phi) is 5.41. The molecule has 2 bridgehead atoms. The molecule has 5 rings (SSSR count). The van der Waals surface area contributed by atoms with Gasteiger partial charge in [0.25, 0.3) is 0 Å². The number of pyridine rings is 1. The van der Waals surface area contributed by atoms with Crippen molar-refractivity contribution >= 4 is 0 Å². The number of likely N-dealkylation sites (N-methyl/N-ethyl adjacent to an activating group) is 1. The highest BCUT2D eigenvalue weighted by molar-refractivity contribution is 5.06. The first-order valence-corrected chi connectivity index (χ1v) is 11.0. The third kappa shape index (κ3) is 4.12. The second-order valence-corrected chi connectivity index (χ2v) is 9.24. The molecule has 1 N–H and O–H groups in total. The van der Waals surface area contributed by atoms with Crippen LogP contribution in [0, 0.1) is 11.8 Å². The zero-order valence-corrected chi connectivity index (χ0v) is 16.8. The van der Waals surface area contributed by atoms with Gasteiger partial charge in [-0.25, -0.2) is 0 Å². The third-order valence-electron chi connectivity index (χ3n) is 6.85. The standard InChI is InChI=1S/C22H33N3O3/c1-24(11-9-17-4-2-3-10-23-17)20-21(26)19(18-14-27-22(20)28-18)25(12-15-5-6-15)13-16-7-8-16/h2-4,10,15-16,18-22,26H,5-9,11-14H2,1H3/t18-,19-,20-,21+,22-/m1/s1. The van der Waals surface area contributed by atoms with Crippen molar-refractivity contribution in [2.75, 3.05) is 33.3 Å². The van der Waals surface area contributed by atoms with Gasteiger partial charge in [-0.05, 0) is 56.7 Å². The van der Waals surface area contributed by atoms with E-state index in [9.17, 15) is 5.11 Å². The first kappa shape index (κ1) is 18.9. The van der Waals surface area contributed by atoms with Crippen LogP contribution in [0.4, 0.5) is 0 Å². The predicted octanol–water partition coefficient (Wildman–Crippen LogP) is 1.53. The Labute approximate surface area is 167 Å². The molecule has 0 spiro atoms. The van der Waals surface area contributed by atoms with Crippen molar-refractivity contribution in [3.63, 3.8) is 0 Å². The number of aliphatic hydroxyl groups excluding tert-OH is 1. The second-order valence-electron chi connectivity index (χ2n) is 9.24. The summed E-state index contributed by atoms with van der Waals surface area (Å²) in [6.07, 6.45) is 7.26. The lowest BCUT2D eigenvalue weighted by Gasteiger charge is -2.46. The van der Waals surface area contributed by atoms with Crippen LogP contribution in [-0.2, 0) is 15.9 Å². The quantitative estimate of drug-likeness (QED) is 0.694. The zero-order valence-electron chi connectivity index (χ0n) is 16.8. The van der Waals surface area contributed by atoms with E-state index >= 15 is 0 Å². The van der Waals surface area contributed by atoms with Crippen LogP contribution >= 0.6 is 0 Å². The van der Waals surface area contributed by atoms with Crippen LogP contribution in [-0.4, -0.2) is 83.8 Å². The summed E-state index contributed by atoms with van der Waals surface area (Å²) < 4.78 is 12.3. The average Bonchev–Trinajstić information content (AvgIpc) is 3.63. The highest BCUT2D eigenvalue weighted by atomic mass is 16.7. The minimum atomic E-state index is -0.447. The smallest absolute Gasteiger partial charge is 0.176 e. The van der Waals surface area contributed by atoms with Crippen LogP contribution in [0.15, 0.2) is 24.4 Å². The fourth-order valence-electron chi connectivity index (χ4n) is 4.87. The largest absolute Gasteiger partial charge is 0.390 e. The summed E-state index contributed by atoms with van der Waals surface area (Å²) in [7, 11) is 2.07. The minimum absolute atomic E-state index is 0.00191. The Morgan fingerprint density at radius 2 is 1.86 bits per heavy atom. The van der Waals surface area contributed by atoms with Crippen molar-refractivity contribution < 1.29 is 14.6 Å². The molecule has 2 aliphatic carbocycles. The summed E-state index contributed by atoms with van der Waals surface area (Å²) in [5.74, 6) is 1.62. The maximum atomic E-state index is 11.5. The van der Waals surface area contributed by atoms with E-state index in [1.165, 1.54) is 25.7 Å². The number of nitrogens with zero attached hydrogens (tertiary/aromatic N) is 3. The number of fused-ring (bicyclic) bond motifs is 2.